The Balaban J connectivity index is 1.99. The molecule has 3 N–H and O–H groups in total. The van der Waals surface area contributed by atoms with E-state index in [4.69, 9.17) is 5.14 Å². The number of anilines is 1. The minimum Gasteiger partial charge on any atom is -0.347 e. The largest absolute Gasteiger partial charge is 0.347 e. The van der Waals surface area contributed by atoms with E-state index >= 15 is 0 Å². The van der Waals surface area contributed by atoms with Crippen LogP contribution >= 0.6 is 0 Å². The molecule has 0 fully saturated rings. The van der Waals surface area contributed by atoms with Gasteiger partial charge in [0.1, 0.15) is 0 Å². The van der Waals surface area contributed by atoms with Crippen LogP contribution in [0.4, 0.5) is 5.69 Å². The number of primary sulfonamides is 1. The van der Waals surface area contributed by atoms with E-state index in [1.807, 2.05) is 35.8 Å². The fraction of sp³-hybridized carbons (Fsp3) is 0.167. The summed E-state index contributed by atoms with van der Waals surface area (Å²) in [5.74, 6) is -0.298. The Morgan fingerprint density at radius 3 is 2.60 bits per heavy atom. The summed E-state index contributed by atoms with van der Waals surface area (Å²) in [6.45, 7) is 4.40. The first kappa shape index (κ1) is 17.2. The Labute approximate surface area is 146 Å². The summed E-state index contributed by atoms with van der Waals surface area (Å²) in [6, 6.07) is 12.3. The van der Waals surface area contributed by atoms with E-state index in [1.165, 1.54) is 6.07 Å². The first-order valence-electron chi connectivity index (χ1n) is 7.84. The van der Waals surface area contributed by atoms with Crippen LogP contribution in [0, 0.1) is 6.92 Å². The van der Waals surface area contributed by atoms with Crippen LogP contribution in [0.25, 0.3) is 10.9 Å². The van der Waals surface area contributed by atoms with E-state index in [2.05, 4.69) is 5.32 Å². The minimum atomic E-state index is -3.85. The van der Waals surface area contributed by atoms with Crippen LogP contribution in [0.2, 0.25) is 0 Å². The Bertz CT molecular complexity index is 1070. The molecule has 0 atom stereocenters. The summed E-state index contributed by atoms with van der Waals surface area (Å²) in [5, 5.41) is 8.82. The van der Waals surface area contributed by atoms with E-state index in [0.717, 1.165) is 17.4 Å². The van der Waals surface area contributed by atoms with Gasteiger partial charge in [0, 0.05) is 29.3 Å². The summed E-state index contributed by atoms with van der Waals surface area (Å²) in [5.41, 5.74) is 2.43. The Kier molecular flexibility index (Phi) is 4.36. The molecule has 0 aliphatic carbocycles. The van der Waals surface area contributed by atoms with Crippen molar-refractivity contribution in [1.29, 1.82) is 0 Å². The standard InChI is InChI=1S/C18H19N3O3S/c1-3-21-11-15(14-6-4-5-7-16(14)21)18(22)20-13-9-8-12(2)17(10-13)25(19,23)24/h4-11H,3H2,1-2H3,(H,20,22)(H2,19,23,24). The van der Waals surface area contributed by atoms with Gasteiger partial charge in [-0.3, -0.25) is 4.79 Å². The first-order chi connectivity index (χ1) is 11.8. The number of aryl methyl sites for hydroxylation is 2. The number of carbonyl (C=O) groups excluding carboxylic acids is 1. The number of hydrogen-bond acceptors (Lipinski definition) is 3. The molecule has 0 aliphatic heterocycles. The number of para-hydroxylation sites is 1. The second-order valence-corrected chi connectivity index (χ2v) is 7.36. The van der Waals surface area contributed by atoms with Crippen molar-refractivity contribution in [1.82, 2.24) is 4.57 Å². The van der Waals surface area contributed by atoms with Crippen molar-refractivity contribution in [2.24, 2.45) is 5.14 Å². The number of amides is 1. The number of hydrogen-bond donors (Lipinski definition) is 2. The van der Waals surface area contributed by atoms with Crippen molar-refractivity contribution in [3.05, 3.63) is 59.8 Å². The monoisotopic (exact) mass is 357 g/mol. The van der Waals surface area contributed by atoms with Crippen molar-refractivity contribution >= 4 is 32.5 Å². The summed E-state index contributed by atoms with van der Waals surface area (Å²) < 4.78 is 25.3. The van der Waals surface area contributed by atoms with Gasteiger partial charge in [-0.25, -0.2) is 13.6 Å². The van der Waals surface area contributed by atoms with Crippen LogP contribution in [0.15, 0.2) is 53.6 Å². The molecule has 1 heterocycles. The summed E-state index contributed by atoms with van der Waals surface area (Å²) >= 11 is 0. The van der Waals surface area contributed by atoms with E-state index < -0.39 is 10.0 Å². The van der Waals surface area contributed by atoms with Crippen molar-refractivity contribution in [3.63, 3.8) is 0 Å². The summed E-state index contributed by atoms with van der Waals surface area (Å²) in [4.78, 5) is 12.7. The van der Waals surface area contributed by atoms with Crippen LogP contribution < -0.4 is 10.5 Å². The predicted octanol–water partition coefficient (Wildman–Crippen LogP) is 2.87. The quantitative estimate of drug-likeness (QED) is 0.752. The molecule has 0 unspecified atom stereocenters. The lowest BCUT2D eigenvalue weighted by Gasteiger charge is -2.08. The molecule has 1 aromatic heterocycles. The highest BCUT2D eigenvalue weighted by atomic mass is 32.2. The van der Waals surface area contributed by atoms with Gasteiger partial charge in [0.2, 0.25) is 10.0 Å². The molecule has 7 heteroatoms. The Morgan fingerprint density at radius 1 is 1.20 bits per heavy atom. The minimum absolute atomic E-state index is 0.00119. The zero-order chi connectivity index (χ0) is 18.2. The van der Waals surface area contributed by atoms with Gasteiger partial charge in [-0.1, -0.05) is 24.3 Å². The third-order valence-corrected chi connectivity index (χ3v) is 5.18. The number of rotatable bonds is 4. The number of nitrogens with zero attached hydrogens (tertiary/aromatic N) is 1. The zero-order valence-electron chi connectivity index (χ0n) is 14.0. The highest BCUT2D eigenvalue weighted by Gasteiger charge is 2.17. The molecule has 0 saturated heterocycles. The van der Waals surface area contributed by atoms with Gasteiger partial charge in [-0.2, -0.15) is 0 Å². The number of benzene rings is 2. The van der Waals surface area contributed by atoms with Gasteiger partial charge in [0.25, 0.3) is 5.91 Å². The van der Waals surface area contributed by atoms with Crippen molar-refractivity contribution in [2.75, 3.05) is 5.32 Å². The van der Waals surface area contributed by atoms with E-state index in [1.54, 1.807) is 25.3 Å². The normalized spacial score (nSPS) is 11.6. The molecule has 0 spiro atoms. The lowest BCUT2D eigenvalue weighted by Crippen LogP contribution is -2.16. The molecule has 3 rings (SSSR count). The molecule has 0 aliphatic rings. The molecule has 25 heavy (non-hydrogen) atoms. The number of sulfonamides is 1. The van der Waals surface area contributed by atoms with Crippen LogP contribution in [0.3, 0.4) is 0 Å². The molecule has 0 bridgehead atoms. The van der Waals surface area contributed by atoms with Crippen LogP contribution in [0.5, 0.6) is 0 Å². The third kappa shape index (κ3) is 3.29. The smallest absolute Gasteiger partial charge is 0.257 e. The molecule has 3 aromatic rings. The molecule has 130 valence electrons. The predicted molar refractivity (Wildman–Crippen MR) is 98.1 cm³/mol. The Hall–Kier alpha value is -2.64. The van der Waals surface area contributed by atoms with E-state index in [0.29, 0.717) is 16.8 Å². The van der Waals surface area contributed by atoms with Crippen LogP contribution in [-0.2, 0) is 16.6 Å². The van der Waals surface area contributed by atoms with Gasteiger partial charge in [-0.05, 0) is 37.6 Å². The third-order valence-electron chi connectivity index (χ3n) is 4.13. The highest BCUT2D eigenvalue weighted by molar-refractivity contribution is 7.89. The molecule has 1 amide bonds. The molecule has 6 nitrogen and oxygen atoms in total. The number of carbonyl (C=O) groups is 1. The van der Waals surface area contributed by atoms with Gasteiger partial charge in [0.05, 0.1) is 10.5 Å². The molecule has 0 radical (unpaired) electrons. The SMILES string of the molecule is CCn1cc(C(=O)Nc2ccc(C)c(S(N)(=O)=O)c2)c2ccccc21. The van der Waals surface area contributed by atoms with Crippen LogP contribution in [0.1, 0.15) is 22.8 Å². The van der Waals surface area contributed by atoms with Crippen molar-refractivity contribution in [3.8, 4) is 0 Å². The molecular weight excluding hydrogens is 338 g/mol. The average Bonchev–Trinajstić information content (AvgIpc) is 2.94. The lowest BCUT2D eigenvalue weighted by molar-refractivity contribution is 0.102. The molecule has 0 saturated carbocycles. The second-order valence-electron chi connectivity index (χ2n) is 5.83. The van der Waals surface area contributed by atoms with Gasteiger partial charge in [0.15, 0.2) is 0 Å². The molecular formula is C18H19N3O3S. The van der Waals surface area contributed by atoms with Gasteiger partial charge in [-0.15, -0.1) is 0 Å². The highest BCUT2D eigenvalue weighted by Crippen LogP contribution is 2.24. The van der Waals surface area contributed by atoms with E-state index in [9.17, 15) is 13.2 Å². The first-order valence-corrected chi connectivity index (χ1v) is 9.38. The second kappa shape index (κ2) is 6.34. The number of aromatic nitrogens is 1. The van der Waals surface area contributed by atoms with Crippen molar-refractivity contribution in [2.45, 2.75) is 25.3 Å². The van der Waals surface area contributed by atoms with Gasteiger partial charge >= 0.3 is 0 Å². The fourth-order valence-electron chi connectivity index (χ4n) is 2.87. The summed E-state index contributed by atoms with van der Waals surface area (Å²) in [7, 11) is -3.85. The maximum atomic E-state index is 12.7. The topological polar surface area (TPSA) is 94.2 Å². The maximum Gasteiger partial charge on any atom is 0.257 e. The average molecular weight is 357 g/mol. The van der Waals surface area contributed by atoms with E-state index in [-0.39, 0.29) is 10.8 Å². The Morgan fingerprint density at radius 2 is 1.92 bits per heavy atom. The van der Waals surface area contributed by atoms with Gasteiger partial charge < -0.3 is 9.88 Å². The maximum absolute atomic E-state index is 12.7. The fourth-order valence-corrected chi connectivity index (χ4v) is 3.68. The number of nitrogens with one attached hydrogen (secondary N) is 1. The zero-order valence-corrected chi connectivity index (χ0v) is 14.8. The van der Waals surface area contributed by atoms with Crippen LogP contribution in [-0.4, -0.2) is 18.9 Å². The number of fused-ring (bicyclic) bond motifs is 1. The lowest BCUT2D eigenvalue weighted by atomic mass is 10.1. The number of nitrogens with two attached hydrogens (primary N) is 1. The van der Waals surface area contributed by atoms with Crippen molar-refractivity contribution < 1.29 is 13.2 Å². The molecule has 2 aromatic carbocycles. The summed E-state index contributed by atoms with van der Waals surface area (Å²) in [6.07, 6.45) is 1.80.